The largest absolute Gasteiger partial charge is 0.481 e. The SMILES string of the molecule is O=C(O)CCC(=O)O[C@H]1CO[C@H]2[C@@H]1OC[C@@H]2O[N+](=O)[O-]. The second-order valence-electron chi connectivity index (χ2n) is 4.39. The third-order valence-electron chi connectivity index (χ3n) is 3.01. The van der Waals surface area contributed by atoms with Gasteiger partial charge in [-0.3, -0.25) is 9.59 Å². The van der Waals surface area contributed by atoms with E-state index in [1.54, 1.807) is 0 Å². The summed E-state index contributed by atoms with van der Waals surface area (Å²) in [6, 6.07) is 0. The van der Waals surface area contributed by atoms with E-state index in [0.29, 0.717) is 0 Å². The molecule has 0 amide bonds. The van der Waals surface area contributed by atoms with Crippen LogP contribution in [0.5, 0.6) is 0 Å². The first-order valence-electron chi connectivity index (χ1n) is 5.93. The van der Waals surface area contributed by atoms with Crippen molar-refractivity contribution in [3.05, 3.63) is 10.1 Å². The van der Waals surface area contributed by atoms with Crippen LogP contribution < -0.4 is 0 Å². The van der Waals surface area contributed by atoms with Gasteiger partial charge >= 0.3 is 11.9 Å². The van der Waals surface area contributed by atoms with E-state index in [9.17, 15) is 19.7 Å². The van der Waals surface area contributed by atoms with E-state index in [0.717, 1.165) is 0 Å². The quantitative estimate of drug-likeness (QED) is 0.376. The van der Waals surface area contributed by atoms with Crippen LogP contribution in [0.25, 0.3) is 0 Å². The van der Waals surface area contributed by atoms with Crippen LogP contribution in [-0.4, -0.2) is 59.8 Å². The Morgan fingerprint density at radius 2 is 1.80 bits per heavy atom. The number of carbonyl (C=O) groups excluding carboxylic acids is 1. The molecule has 0 aromatic carbocycles. The van der Waals surface area contributed by atoms with Gasteiger partial charge in [0.1, 0.15) is 12.2 Å². The van der Waals surface area contributed by atoms with Gasteiger partial charge in [-0.25, -0.2) is 0 Å². The Morgan fingerprint density at radius 1 is 1.20 bits per heavy atom. The van der Waals surface area contributed by atoms with Gasteiger partial charge < -0.3 is 24.2 Å². The van der Waals surface area contributed by atoms with E-state index in [1.807, 2.05) is 0 Å². The van der Waals surface area contributed by atoms with Gasteiger partial charge in [-0.05, 0) is 0 Å². The minimum atomic E-state index is -1.10. The van der Waals surface area contributed by atoms with Gasteiger partial charge in [-0.2, -0.15) is 0 Å². The normalized spacial score (nSPS) is 31.6. The molecule has 2 rings (SSSR count). The summed E-state index contributed by atoms with van der Waals surface area (Å²) in [6.07, 6.45) is -3.43. The number of rotatable bonds is 6. The molecule has 0 aliphatic carbocycles. The standard InChI is InChI=1S/C10H13NO9/c12-7(13)1-2-8(14)19-5-3-17-10-6(20-11(15)16)4-18-9(5)10/h5-6,9-10H,1-4H2,(H,12,13)/t5-,6-,9+,10+/m0/s1. The average molecular weight is 291 g/mol. The first-order valence-corrected chi connectivity index (χ1v) is 5.93. The molecular weight excluding hydrogens is 278 g/mol. The number of ether oxygens (including phenoxy) is 3. The predicted molar refractivity (Wildman–Crippen MR) is 58.1 cm³/mol. The summed E-state index contributed by atoms with van der Waals surface area (Å²) >= 11 is 0. The lowest BCUT2D eigenvalue weighted by molar-refractivity contribution is -0.769. The summed E-state index contributed by atoms with van der Waals surface area (Å²) in [4.78, 5) is 36.4. The van der Waals surface area contributed by atoms with E-state index < -0.39 is 41.4 Å². The molecule has 112 valence electrons. The summed E-state index contributed by atoms with van der Waals surface area (Å²) in [5, 5.41) is 17.8. The summed E-state index contributed by atoms with van der Waals surface area (Å²) in [6.45, 7) is 0.00517. The summed E-state index contributed by atoms with van der Waals surface area (Å²) in [5.41, 5.74) is 0. The van der Waals surface area contributed by atoms with Crippen molar-refractivity contribution in [3.63, 3.8) is 0 Å². The topological polar surface area (TPSA) is 134 Å². The molecule has 0 aromatic heterocycles. The number of fused-ring (bicyclic) bond motifs is 1. The fourth-order valence-electron chi connectivity index (χ4n) is 2.17. The molecule has 20 heavy (non-hydrogen) atoms. The Hall–Kier alpha value is -1.94. The Bertz CT molecular complexity index is 412. The van der Waals surface area contributed by atoms with Gasteiger partial charge in [0.05, 0.1) is 26.1 Å². The van der Waals surface area contributed by atoms with Gasteiger partial charge in [0, 0.05) is 0 Å². The Kier molecular flexibility index (Phi) is 4.35. The lowest BCUT2D eigenvalue weighted by Crippen LogP contribution is -2.35. The summed E-state index contributed by atoms with van der Waals surface area (Å²) in [5.74, 6) is -1.78. The maximum absolute atomic E-state index is 11.4. The van der Waals surface area contributed by atoms with Crippen molar-refractivity contribution in [2.75, 3.05) is 13.2 Å². The monoisotopic (exact) mass is 291 g/mol. The molecule has 10 heteroatoms. The number of esters is 1. The van der Waals surface area contributed by atoms with Crippen LogP contribution in [0.1, 0.15) is 12.8 Å². The van der Waals surface area contributed by atoms with Crippen LogP contribution in [0.4, 0.5) is 0 Å². The first kappa shape index (κ1) is 14.5. The zero-order valence-electron chi connectivity index (χ0n) is 10.3. The third-order valence-corrected chi connectivity index (χ3v) is 3.01. The molecule has 1 N–H and O–H groups in total. The highest BCUT2D eigenvalue weighted by atomic mass is 17.0. The molecule has 0 radical (unpaired) electrons. The Balaban J connectivity index is 1.83. The number of carboxylic acid groups (broad SMARTS) is 1. The smallest absolute Gasteiger partial charge is 0.306 e. The second kappa shape index (κ2) is 6.01. The van der Waals surface area contributed by atoms with Crippen molar-refractivity contribution < 1.29 is 38.8 Å². The Labute approximate surface area is 112 Å². The highest BCUT2D eigenvalue weighted by Gasteiger charge is 2.51. The lowest BCUT2D eigenvalue weighted by atomic mass is 10.1. The van der Waals surface area contributed by atoms with Crippen molar-refractivity contribution in [2.45, 2.75) is 37.3 Å². The minimum absolute atomic E-state index is 0.0283. The molecule has 0 unspecified atom stereocenters. The molecule has 2 heterocycles. The predicted octanol–water partition coefficient (Wildman–Crippen LogP) is -0.862. The molecule has 0 saturated carbocycles. The summed E-state index contributed by atoms with van der Waals surface area (Å²) < 4.78 is 15.6. The van der Waals surface area contributed by atoms with Crippen molar-refractivity contribution >= 4 is 11.9 Å². The first-order chi connectivity index (χ1) is 9.47. The van der Waals surface area contributed by atoms with Crippen LogP contribution in [0.2, 0.25) is 0 Å². The molecular formula is C10H13NO9. The van der Waals surface area contributed by atoms with Crippen LogP contribution in [0, 0.1) is 10.1 Å². The summed E-state index contributed by atoms with van der Waals surface area (Å²) in [7, 11) is 0. The van der Waals surface area contributed by atoms with Crippen molar-refractivity contribution in [1.82, 2.24) is 0 Å². The number of hydrogen-bond donors (Lipinski definition) is 1. The Morgan fingerprint density at radius 3 is 2.40 bits per heavy atom. The van der Waals surface area contributed by atoms with Gasteiger partial charge in [0.2, 0.25) is 0 Å². The lowest BCUT2D eigenvalue weighted by Gasteiger charge is -2.16. The fraction of sp³-hybridized carbons (Fsp3) is 0.800. The van der Waals surface area contributed by atoms with E-state index in [1.165, 1.54) is 0 Å². The van der Waals surface area contributed by atoms with Gasteiger partial charge in [-0.1, -0.05) is 0 Å². The maximum Gasteiger partial charge on any atom is 0.306 e. The molecule has 10 nitrogen and oxygen atoms in total. The molecule has 0 bridgehead atoms. The van der Waals surface area contributed by atoms with Crippen molar-refractivity contribution in [1.29, 1.82) is 0 Å². The van der Waals surface area contributed by atoms with Gasteiger partial charge in [0.25, 0.3) is 5.09 Å². The van der Waals surface area contributed by atoms with Crippen LogP contribution in [0.3, 0.4) is 0 Å². The molecule has 4 atom stereocenters. The van der Waals surface area contributed by atoms with Crippen LogP contribution >= 0.6 is 0 Å². The number of carbonyl (C=O) groups is 2. The number of nitrogens with zero attached hydrogens (tertiary/aromatic N) is 1. The van der Waals surface area contributed by atoms with Crippen molar-refractivity contribution in [2.24, 2.45) is 0 Å². The van der Waals surface area contributed by atoms with Crippen molar-refractivity contribution in [3.8, 4) is 0 Å². The maximum atomic E-state index is 11.4. The number of carboxylic acids is 1. The highest BCUT2D eigenvalue weighted by Crippen LogP contribution is 2.30. The van der Waals surface area contributed by atoms with E-state index in [2.05, 4.69) is 4.84 Å². The molecule has 2 saturated heterocycles. The van der Waals surface area contributed by atoms with Gasteiger partial charge in [-0.15, -0.1) is 10.1 Å². The molecule has 0 spiro atoms. The average Bonchev–Trinajstić information content (AvgIpc) is 2.91. The number of aliphatic carboxylic acids is 1. The van der Waals surface area contributed by atoms with E-state index in [4.69, 9.17) is 19.3 Å². The zero-order valence-corrected chi connectivity index (χ0v) is 10.3. The van der Waals surface area contributed by atoms with Gasteiger partial charge in [0.15, 0.2) is 12.2 Å². The highest BCUT2D eigenvalue weighted by molar-refractivity contribution is 5.76. The fourth-order valence-corrected chi connectivity index (χ4v) is 2.17. The second-order valence-corrected chi connectivity index (χ2v) is 4.39. The molecule has 2 fully saturated rings. The molecule has 0 aromatic rings. The van der Waals surface area contributed by atoms with Crippen LogP contribution in [-0.2, 0) is 28.6 Å². The molecule has 2 aliphatic heterocycles. The third kappa shape index (κ3) is 3.33. The minimum Gasteiger partial charge on any atom is -0.481 e. The number of hydrogen-bond acceptors (Lipinski definition) is 8. The van der Waals surface area contributed by atoms with E-state index >= 15 is 0 Å². The van der Waals surface area contributed by atoms with Crippen LogP contribution in [0.15, 0.2) is 0 Å². The molecule has 2 aliphatic rings. The zero-order chi connectivity index (χ0) is 14.7. The van der Waals surface area contributed by atoms with E-state index in [-0.39, 0.29) is 26.1 Å².